The highest BCUT2D eigenvalue weighted by atomic mass is 127. The van der Waals surface area contributed by atoms with Gasteiger partial charge in [-0.05, 0) is 45.2 Å². The zero-order valence-corrected chi connectivity index (χ0v) is 17.3. The smallest absolute Gasteiger partial charge is 0.191 e. The van der Waals surface area contributed by atoms with Crippen LogP contribution >= 0.6 is 24.0 Å². The number of rotatable bonds is 9. The monoisotopic (exact) mass is 447 g/mol. The van der Waals surface area contributed by atoms with Gasteiger partial charge < -0.3 is 20.1 Å². The van der Waals surface area contributed by atoms with Gasteiger partial charge in [-0.2, -0.15) is 0 Å². The van der Waals surface area contributed by atoms with Crippen LogP contribution in [0.1, 0.15) is 37.8 Å². The second-order valence-corrected chi connectivity index (χ2v) is 5.77. The van der Waals surface area contributed by atoms with Gasteiger partial charge in [0, 0.05) is 24.8 Å². The van der Waals surface area contributed by atoms with Crippen molar-refractivity contribution >= 4 is 29.9 Å². The SMILES string of the molecule is CCNC(=NCc1ccc(C)cc1OCCOCC)NC1CC1.I. The van der Waals surface area contributed by atoms with E-state index in [1.807, 2.05) is 6.92 Å². The quantitative estimate of drug-likeness (QED) is 0.264. The molecule has 0 heterocycles. The third kappa shape index (κ3) is 7.70. The Morgan fingerprint density at radius 3 is 2.71 bits per heavy atom. The standard InChI is InChI=1S/C18H29N3O2.HI/c1-4-19-18(21-16-8-9-16)20-13-15-7-6-14(3)12-17(15)23-11-10-22-5-2;/h6-7,12,16H,4-5,8-11,13H2,1-3H3,(H2,19,20,21);1H. The molecule has 0 saturated heterocycles. The number of aryl methyl sites for hydroxylation is 1. The summed E-state index contributed by atoms with van der Waals surface area (Å²) in [6, 6.07) is 6.85. The second-order valence-electron chi connectivity index (χ2n) is 5.77. The van der Waals surface area contributed by atoms with Crippen molar-refractivity contribution in [1.29, 1.82) is 0 Å². The van der Waals surface area contributed by atoms with E-state index >= 15 is 0 Å². The van der Waals surface area contributed by atoms with Gasteiger partial charge in [0.25, 0.3) is 0 Å². The molecule has 0 amide bonds. The maximum absolute atomic E-state index is 5.87. The number of nitrogens with zero attached hydrogens (tertiary/aromatic N) is 1. The van der Waals surface area contributed by atoms with Crippen molar-refractivity contribution in [3.63, 3.8) is 0 Å². The van der Waals surface area contributed by atoms with Gasteiger partial charge in [0.15, 0.2) is 5.96 Å². The minimum absolute atomic E-state index is 0. The first-order valence-corrected chi connectivity index (χ1v) is 8.57. The van der Waals surface area contributed by atoms with Gasteiger partial charge in [0.05, 0.1) is 13.2 Å². The molecule has 1 aliphatic rings. The number of hydrogen-bond donors (Lipinski definition) is 2. The van der Waals surface area contributed by atoms with Crippen molar-refractivity contribution in [3.05, 3.63) is 29.3 Å². The van der Waals surface area contributed by atoms with Crippen LogP contribution in [0.25, 0.3) is 0 Å². The molecule has 0 aromatic heterocycles. The van der Waals surface area contributed by atoms with Crippen molar-refractivity contribution in [1.82, 2.24) is 10.6 Å². The van der Waals surface area contributed by atoms with Crippen molar-refractivity contribution < 1.29 is 9.47 Å². The van der Waals surface area contributed by atoms with E-state index in [1.165, 1.54) is 18.4 Å². The van der Waals surface area contributed by atoms with Crippen molar-refractivity contribution in [2.75, 3.05) is 26.4 Å². The predicted molar refractivity (Wildman–Crippen MR) is 110 cm³/mol. The van der Waals surface area contributed by atoms with Crippen molar-refractivity contribution in [2.24, 2.45) is 4.99 Å². The van der Waals surface area contributed by atoms with E-state index in [9.17, 15) is 0 Å². The number of nitrogens with one attached hydrogen (secondary N) is 2. The number of halogens is 1. The summed E-state index contributed by atoms with van der Waals surface area (Å²) in [6.07, 6.45) is 2.47. The molecule has 0 spiro atoms. The Morgan fingerprint density at radius 2 is 2.04 bits per heavy atom. The fourth-order valence-electron chi connectivity index (χ4n) is 2.19. The van der Waals surface area contributed by atoms with Crippen molar-refractivity contribution in [2.45, 2.75) is 46.2 Å². The highest BCUT2D eigenvalue weighted by Gasteiger charge is 2.22. The van der Waals surface area contributed by atoms with Gasteiger partial charge in [0.2, 0.25) is 0 Å². The van der Waals surface area contributed by atoms with Gasteiger partial charge in [-0.15, -0.1) is 24.0 Å². The van der Waals surface area contributed by atoms with Crippen LogP contribution in [0.3, 0.4) is 0 Å². The summed E-state index contributed by atoms with van der Waals surface area (Å²) < 4.78 is 11.2. The Balaban J connectivity index is 0.00000288. The number of hydrogen-bond acceptors (Lipinski definition) is 3. The molecule has 2 N–H and O–H groups in total. The van der Waals surface area contributed by atoms with Crippen LogP contribution in [-0.2, 0) is 11.3 Å². The molecule has 0 unspecified atom stereocenters. The fraction of sp³-hybridized carbons (Fsp3) is 0.611. The van der Waals surface area contributed by atoms with Crippen LogP contribution in [0, 0.1) is 6.92 Å². The minimum atomic E-state index is 0. The maximum Gasteiger partial charge on any atom is 0.191 e. The molecule has 5 nitrogen and oxygen atoms in total. The van der Waals surface area contributed by atoms with E-state index in [0.717, 1.165) is 23.8 Å². The van der Waals surface area contributed by atoms with E-state index in [-0.39, 0.29) is 24.0 Å². The van der Waals surface area contributed by atoms with Crippen LogP contribution in [0.2, 0.25) is 0 Å². The summed E-state index contributed by atoms with van der Waals surface area (Å²) in [5.74, 6) is 1.78. The molecule has 1 aromatic rings. The normalized spacial score (nSPS) is 14.0. The minimum Gasteiger partial charge on any atom is -0.491 e. The summed E-state index contributed by atoms with van der Waals surface area (Å²) in [6.45, 7) is 9.50. The first-order chi connectivity index (χ1) is 11.2. The molecular formula is C18H30IN3O2. The summed E-state index contributed by atoms with van der Waals surface area (Å²) >= 11 is 0. The van der Waals surface area contributed by atoms with Crippen LogP contribution in [0.5, 0.6) is 5.75 Å². The third-order valence-electron chi connectivity index (χ3n) is 3.58. The first kappa shape index (κ1) is 21.0. The lowest BCUT2D eigenvalue weighted by atomic mass is 10.1. The summed E-state index contributed by atoms with van der Waals surface area (Å²) in [7, 11) is 0. The molecule has 24 heavy (non-hydrogen) atoms. The lowest BCUT2D eigenvalue weighted by Crippen LogP contribution is -2.38. The first-order valence-electron chi connectivity index (χ1n) is 8.57. The van der Waals surface area contributed by atoms with Crippen LogP contribution < -0.4 is 15.4 Å². The molecule has 0 atom stereocenters. The topological polar surface area (TPSA) is 54.9 Å². The van der Waals surface area contributed by atoms with E-state index in [2.05, 4.69) is 47.7 Å². The van der Waals surface area contributed by atoms with E-state index < -0.39 is 0 Å². The number of ether oxygens (including phenoxy) is 2. The average molecular weight is 447 g/mol. The molecule has 0 bridgehead atoms. The Morgan fingerprint density at radius 1 is 1.25 bits per heavy atom. The molecule has 1 fully saturated rings. The Bertz CT molecular complexity index is 519. The molecular weight excluding hydrogens is 417 g/mol. The van der Waals surface area contributed by atoms with Gasteiger partial charge >= 0.3 is 0 Å². The Hall–Kier alpha value is -1.02. The highest BCUT2D eigenvalue weighted by molar-refractivity contribution is 14.0. The van der Waals surface area contributed by atoms with Crippen molar-refractivity contribution in [3.8, 4) is 5.75 Å². The molecule has 0 radical (unpaired) electrons. The van der Waals surface area contributed by atoms with Gasteiger partial charge in [0.1, 0.15) is 12.4 Å². The summed E-state index contributed by atoms with van der Waals surface area (Å²) in [4.78, 5) is 4.68. The van der Waals surface area contributed by atoms with E-state index in [1.54, 1.807) is 0 Å². The maximum atomic E-state index is 5.87. The lowest BCUT2D eigenvalue weighted by molar-refractivity contribution is 0.110. The van der Waals surface area contributed by atoms with Crippen LogP contribution in [-0.4, -0.2) is 38.4 Å². The molecule has 1 aromatic carbocycles. The van der Waals surface area contributed by atoms with Gasteiger partial charge in [-0.25, -0.2) is 4.99 Å². The third-order valence-corrected chi connectivity index (χ3v) is 3.58. The molecule has 0 aliphatic heterocycles. The summed E-state index contributed by atoms with van der Waals surface area (Å²) in [5, 5.41) is 6.72. The second kappa shape index (κ2) is 11.5. The van der Waals surface area contributed by atoms with E-state index in [4.69, 9.17) is 9.47 Å². The number of benzene rings is 1. The Labute approximate surface area is 162 Å². The molecule has 1 saturated carbocycles. The fourth-order valence-corrected chi connectivity index (χ4v) is 2.19. The predicted octanol–water partition coefficient (Wildman–Crippen LogP) is 3.25. The zero-order valence-electron chi connectivity index (χ0n) is 14.9. The molecule has 136 valence electrons. The molecule has 2 rings (SSSR count). The average Bonchev–Trinajstić information content (AvgIpc) is 3.35. The molecule has 6 heteroatoms. The molecule has 1 aliphatic carbocycles. The zero-order chi connectivity index (χ0) is 16.5. The Kier molecular flexibility index (Phi) is 10.1. The van der Waals surface area contributed by atoms with E-state index in [0.29, 0.717) is 32.4 Å². The van der Waals surface area contributed by atoms with Crippen LogP contribution in [0.4, 0.5) is 0 Å². The number of aliphatic imine (C=N–C) groups is 1. The number of guanidine groups is 1. The summed E-state index contributed by atoms with van der Waals surface area (Å²) in [5.41, 5.74) is 2.28. The van der Waals surface area contributed by atoms with Gasteiger partial charge in [-0.1, -0.05) is 12.1 Å². The van der Waals surface area contributed by atoms with Crippen LogP contribution in [0.15, 0.2) is 23.2 Å². The van der Waals surface area contributed by atoms with Gasteiger partial charge in [-0.3, -0.25) is 0 Å². The lowest BCUT2D eigenvalue weighted by Gasteiger charge is -2.13. The highest BCUT2D eigenvalue weighted by Crippen LogP contribution is 2.22. The largest absolute Gasteiger partial charge is 0.491 e.